The number of nitrogens with zero attached hydrogens (tertiary/aromatic N) is 6. The standard InChI is InChI=1S/C45H40N6O/c1-3-15-42-46-43-32(2)28-34(31-52)29-41(43)50(42)30-33-24-26-35(27-25-33)39-22-13-14-23-40(39)44-47-48-49-51(44)45(36-16-7-4-8-17-36,37-18-9-5-10-19-37)38-20-11-6-12-21-38/h4-14,16-29,52H,3,15,30-31H2,1-2H3. The number of benzene rings is 6. The van der Waals surface area contributed by atoms with Crippen molar-refractivity contribution < 1.29 is 5.11 Å². The van der Waals surface area contributed by atoms with Crippen LogP contribution < -0.4 is 0 Å². The maximum absolute atomic E-state index is 9.93. The molecule has 0 aliphatic heterocycles. The lowest BCUT2D eigenvalue weighted by atomic mass is 9.77. The number of hydrogen-bond acceptors (Lipinski definition) is 5. The largest absolute Gasteiger partial charge is 0.392 e. The lowest BCUT2D eigenvalue weighted by Gasteiger charge is -2.36. The Balaban J connectivity index is 1.23. The zero-order valence-electron chi connectivity index (χ0n) is 29.4. The van der Waals surface area contributed by atoms with E-state index >= 15 is 0 Å². The van der Waals surface area contributed by atoms with Crippen LogP contribution in [0.5, 0.6) is 0 Å². The predicted molar refractivity (Wildman–Crippen MR) is 207 cm³/mol. The van der Waals surface area contributed by atoms with Gasteiger partial charge in [0.05, 0.1) is 17.6 Å². The fourth-order valence-electron chi connectivity index (χ4n) is 7.58. The van der Waals surface area contributed by atoms with E-state index in [0.717, 1.165) is 74.2 Å². The lowest BCUT2D eigenvalue weighted by Crippen LogP contribution is -2.39. The van der Waals surface area contributed by atoms with Gasteiger partial charge < -0.3 is 9.67 Å². The Morgan fingerprint density at radius 1 is 0.654 bits per heavy atom. The van der Waals surface area contributed by atoms with Gasteiger partial charge in [0.15, 0.2) is 5.82 Å². The summed E-state index contributed by atoms with van der Waals surface area (Å²) in [6.45, 7) is 4.95. The SMILES string of the molecule is CCCc1nc2c(C)cc(CO)cc2n1Cc1ccc(-c2ccccc2-c2nnnn2C(c2ccccc2)(c2ccccc2)c2ccccc2)cc1. The first kappa shape index (κ1) is 33.0. The molecule has 0 amide bonds. The molecule has 0 unspecified atom stereocenters. The summed E-state index contributed by atoms with van der Waals surface area (Å²) < 4.78 is 4.29. The molecule has 0 spiro atoms. The summed E-state index contributed by atoms with van der Waals surface area (Å²) in [6, 6.07) is 52.7. The molecule has 8 rings (SSSR count). The second-order valence-corrected chi connectivity index (χ2v) is 13.3. The van der Waals surface area contributed by atoms with E-state index in [4.69, 9.17) is 15.3 Å². The third-order valence-corrected chi connectivity index (χ3v) is 9.98. The molecule has 0 radical (unpaired) electrons. The van der Waals surface area contributed by atoms with E-state index in [1.807, 2.05) is 35.0 Å². The first-order chi connectivity index (χ1) is 25.6. The van der Waals surface area contributed by atoms with Gasteiger partial charge in [-0.3, -0.25) is 0 Å². The van der Waals surface area contributed by atoms with Crippen molar-refractivity contribution >= 4 is 11.0 Å². The van der Waals surface area contributed by atoms with E-state index < -0.39 is 5.54 Å². The van der Waals surface area contributed by atoms with Crippen LogP contribution in [0.25, 0.3) is 33.5 Å². The van der Waals surface area contributed by atoms with Crippen molar-refractivity contribution in [2.45, 2.75) is 45.4 Å². The summed E-state index contributed by atoms with van der Waals surface area (Å²) in [6.07, 6.45) is 1.89. The van der Waals surface area contributed by atoms with Crippen LogP contribution in [0.3, 0.4) is 0 Å². The van der Waals surface area contributed by atoms with Crippen LogP contribution in [-0.2, 0) is 25.1 Å². The van der Waals surface area contributed by atoms with E-state index in [1.54, 1.807) is 0 Å². The number of aliphatic hydroxyl groups excluding tert-OH is 1. The highest BCUT2D eigenvalue weighted by atomic mass is 16.3. The van der Waals surface area contributed by atoms with Crippen LogP contribution in [0.1, 0.15) is 52.5 Å². The fraction of sp³-hybridized carbons (Fsp3) is 0.156. The fourth-order valence-corrected chi connectivity index (χ4v) is 7.58. The molecule has 7 nitrogen and oxygen atoms in total. The average molecular weight is 681 g/mol. The van der Waals surface area contributed by atoms with Crippen LogP contribution >= 0.6 is 0 Å². The van der Waals surface area contributed by atoms with Crippen LogP contribution in [0, 0.1) is 6.92 Å². The summed E-state index contributed by atoms with van der Waals surface area (Å²) in [4.78, 5) is 5.03. The highest BCUT2D eigenvalue weighted by molar-refractivity contribution is 5.82. The van der Waals surface area contributed by atoms with E-state index in [-0.39, 0.29) is 6.61 Å². The molecular formula is C45H40N6O. The summed E-state index contributed by atoms with van der Waals surface area (Å²) in [5.74, 6) is 1.73. The third-order valence-electron chi connectivity index (χ3n) is 9.98. The number of fused-ring (bicyclic) bond motifs is 1. The number of rotatable bonds is 11. The van der Waals surface area contributed by atoms with Gasteiger partial charge >= 0.3 is 0 Å². The van der Waals surface area contributed by atoms with Gasteiger partial charge in [0.2, 0.25) is 0 Å². The number of aromatic nitrogens is 6. The van der Waals surface area contributed by atoms with Crippen molar-refractivity contribution in [1.82, 2.24) is 29.8 Å². The maximum Gasteiger partial charge on any atom is 0.184 e. The number of aryl methyl sites for hydroxylation is 2. The molecule has 6 aromatic carbocycles. The Labute approximate surface area is 303 Å². The Kier molecular flexibility index (Phi) is 9.02. The van der Waals surface area contributed by atoms with Crippen LogP contribution in [0.2, 0.25) is 0 Å². The van der Waals surface area contributed by atoms with Gasteiger partial charge in [0.25, 0.3) is 0 Å². The topological polar surface area (TPSA) is 81.7 Å². The quantitative estimate of drug-likeness (QED) is 0.138. The zero-order valence-corrected chi connectivity index (χ0v) is 29.4. The van der Waals surface area contributed by atoms with Gasteiger partial charge in [0, 0.05) is 18.5 Å². The highest BCUT2D eigenvalue weighted by Gasteiger charge is 2.42. The van der Waals surface area contributed by atoms with Crippen LogP contribution in [-0.4, -0.2) is 34.9 Å². The van der Waals surface area contributed by atoms with Crippen molar-refractivity contribution in [2.75, 3.05) is 0 Å². The van der Waals surface area contributed by atoms with E-state index in [9.17, 15) is 5.11 Å². The van der Waals surface area contributed by atoms with Gasteiger partial charge in [-0.05, 0) is 74.3 Å². The van der Waals surface area contributed by atoms with E-state index in [2.05, 4.69) is 145 Å². The van der Waals surface area contributed by atoms with E-state index in [0.29, 0.717) is 12.4 Å². The van der Waals surface area contributed by atoms with Crippen LogP contribution in [0.4, 0.5) is 0 Å². The molecule has 1 N–H and O–H groups in total. The molecule has 0 saturated carbocycles. The normalized spacial score (nSPS) is 11.7. The number of hydrogen-bond donors (Lipinski definition) is 1. The summed E-state index contributed by atoms with van der Waals surface area (Å²) in [5.41, 5.74) is 10.6. The van der Waals surface area contributed by atoms with Gasteiger partial charge in [0.1, 0.15) is 11.4 Å². The zero-order chi connectivity index (χ0) is 35.5. The van der Waals surface area contributed by atoms with Gasteiger partial charge in [-0.25, -0.2) is 9.67 Å². The highest BCUT2D eigenvalue weighted by Crippen LogP contribution is 2.43. The Morgan fingerprint density at radius 2 is 1.23 bits per heavy atom. The number of imidazole rings is 1. The molecule has 2 aromatic heterocycles. The van der Waals surface area contributed by atoms with Crippen molar-refractivity contribution in [2.24, 2.45) is 0 Å². The predicted octanol–water partition coefficient (Wildman–Crippen LogP) is 9.00. The molecule has 256 valence electrons. The van der Waals surface area contributed by atoms with Crippen molar-refractivity contribution in [1.29, 1.82) is 0 Å². The smallest absolute Gasteiger partial charge is 0.184 e. The summed E-state index contributed by atoms with van der Waals surface area (Å²) >= 11 is 0. The lowest BCUT2D eigenvalue weighted by molar-refractivity contribution is 0.282. The van der Waals surface area contributed by atoms with E-state index in [1.165, 1.54) is 5.56 Å². The molecule has 0 saturated heterocycles. The Morgan fingerprint density at radius 3 is 1.81 bits per heavy atom. The average Bonchev–Trinajstić information content (AvgIpc) is 3.82. The summed E-state index contributed by atoms with van der Waals surface area (Å²) in [5, 5.41) is 23.8. The molecule has 0 fully saturated rings. The van der Waals surface area contributed by atoms with Gasteiger partial charge in [-0.1, -0.05) is 153 Å². The second-order valence-electron chi connectivity index (χ2n) is 13.3. The van der Waals surface area contributed by atoms with Gasteiger partial charge in [-0.2, -0.15) is 0 Å². The molecule has 7 heteroatoms. The molecule has 0 atom stereocenters. The van der Waals surface area contributed by atoms with Crippen molar-refractivity contribution in [3.63, 3.8) is 0 Å². The maximum atomic E-state index is 9.93. The number of tetrazole rings is 1. The second kappa shape index (κ2) is 14.2. The molecular weight excluding hydrogens is 641 g/mol. The molecule has 2 heterocycles. The van der Waals surface area contributed by atoms with Gasteiger partial charge in [-0.15, -0.1) is 5.10 Å². The monoisotopic (exact) mass is 680 g/mol. The molecule has 0 bridgehead atoms. The van der Waals surface area contributed by atoms with Crippen molar-refractivity contribution in [3.8, 4) is 22.5 Å². The molecule has 0 aliphatic rings. The first-order valence-electron chi connectivity index (χ1n) is 17.9. The Bertz CT molecular complexity index is 2340. The summed E-state index contributed by atoms with van der Waals surface area (Å²) in [7, 11) is 0. The molecule has 8 aromatic rings. The Hall–Kier alpha value is -6.18. The van der Waals surface area contributed by atoms with Crippen molar-refractivity contribution in [3.05, 3.63) is 191 Å². The molecule has 0 aliphatic carbocycles. The third kappa shape index (κ3) is 5.79. The minimum absolute atomic E-state index is 0.00558. The van der Waals surface area contributed by atoms with Crippen LogP contribution in [0.15, 0.2) is 152 Å². The molecule has 52 heavy (non-hydrogen) atoms. The minimum atomic E-state index is -0.850. The minimum Gasteiger partial charge on any atom is -0.392 e. The number of aliphatic hydroxyl groups is 1. The first-order valence-corrected chi connectivity index (χ1v) is 17.9.